The van der Waals surface area contributed by atoms with E-state index in [1.54, 1.807) is 17.0 Å². The third kappa shape index (κ3) is 3.44. The Morgan fingerprint density at radius 2 is 1.73 bits per heavy atom. The van der Waals surface area contributed by atoms with Crippen molar-refractivity contribution in [2.45, 2.75) is 4.90 Å². The van der Waals surface area contributed by atoms with E-state index in [1.165, 1.54) is 11.2 Å². The lowest BCUT2D eigenvalue weighted by atomic mass is 10.2. The van der Waals surface area contributed by atoms with Gasteiger partial charge in [0, 0.05) is 43.4 Å². The third-order valence-corrected chi connectivity index (χ3v) is 5.85. The van der Waals surface area contributed by atoms with Crippen molar-refractivity contribution in [3.8, 4) is 0 Å². The van der Waals surface area contributed by atoms with Gasteiger partial charge in [-0.3, -0.25) is 9.59 Å². The quantitative estimate of drug-likeness (QED) is 0.828. The first-order chi connectivity index (χ1) is 12.7. The fourth-order valence-corrected chi connectivity index (χ4v) is 4.42. The second-order valence-corrected chi connectivity index (χ2v) is 7.52. The van der Waals surface area contributed by atoms with Gasteiger partial charge >= 0.3 is 0 Å². The Labute approximate surface area is 156 Å². The van der Waals surface area contributed by atoms with Crippen LogP contribution in [-0.2, 0) is 4.79 Å². The van der Waals surface area contributed by atoms with Crippen LogP contribution in [0.15, 0.2) is 52.0 Å². The number of hydrogen-bond donors (Lipinski definition) is 0. The number of para-hydroxylation sites is 1. The van der Waals surface area contributed by atoms with Crippen LogP contribution in [0.25, 0.3) is 0 Å². The Bertz CT molecular complexity index is 785. The zero-order chi connectivity index (χ0) is 17.9. The van der Waals surface area contributed by atoms with E-state index in [1.807, 2.05) is 28.8 Å². The van der Waals surface area contributed by atoms with Gasteiger partial charge in [0.15, 0.2) is 5.76 Å². The molecule has 136 valence electrons. The molecule has 6 nitrogen and oxygen atoms in total. The Balaban J connectivity index is 1.34. The number of carbonyl (C=O) groups excluding carboxylic acids is 2. The summed E-state index contributed by atoms with van der Waals surface area (Å²) in [7, 11) is 0. The summed E-state index contributed by atoms with van der Waals surface area (Å²) in [4.78, 5) is 32.0. The highest BCUT2D eigenvalue weighted by Gasteiger charge is 2.27. The topological polar surface area (TPSA) is 57.0 Å². The minimum absolute atomic E-state index is 0.107. The monoisotopic (exact) mass is 371 g/mol. The van der Waals surface area contributed by atoms with E-state index in [0.29, 0.717) is 38.5 Å². The predicted octanol–water partition coefficient (Wildman–Crippen LogP) is 2.18. The second-order valence-electron chi connectivity index (χ2n) is 6.39. The highest BCUT2D eigenvalue weighted by atomic mass is 32.2. The Morgan fingerprint density at radius 3 is 2.50 bits per heavy atom. The number of anilines is 1. The lowest BCUT2D eigenvalue weighted by Crippen LogP contribution is -2.53. The maximum Gasteiger partial charge on any atom is 0.289 e. The molecule has 1 aromatic heterocycles. The molecule has 1 fully saturated rings. The predicted molar refractivity (Wildman–Crippen MR) is 101 cm³/mol. The summed E-state index contributed by atoms with van der Waals surface area (Å²) in [6.45, 7) is 3.48. The van der Waals surface area contributed by atoms with Crippen LogP contribution in [0.3, 0.4) is 0 Å². The van der Waals surface area contributed by atoms with Gasteiger partial charge in [0.25, 0.3) is 5.91 Å². The van der Waals surface area contributed by atoms with E-state index in [0.717, 1.165) is 18.0 Å². The van der Waals surface area contributed by atoms with Gasteiger partial charge < -0.3 is 19.1 Å². The average Bonchev–Trinajstić information content (AvgIpc) is 3.23. The number of rotatable bonds is 3. The lowest BCUT2D eigenvalue weighted by molar-refractivity contribution is -0.131. The van der Waals surface area contributed by atoms with Gasteiger partial charge in [0.2, 0.25) is 5.91 Å². The maximum atomic E-state index is 12.7. The first kappa shape index (κ1) is 17.0. The van der Waals surface area contributed by atoms with E-state index < -0.39 is 0 Å². The number of nitrogens with zero attached hydrogens (tertiary/aromatic N) is 3. The molecule has 2 aromatic rings. The SMILES string of the molecule is O=C(CN1CCSc2ccccc21)N1CCN(C(=O)c2ccco2)CC1. The minimum atomic E-state index is -0.107. The zero-order valence-electron chi connectivity index (χ0n) is 14.5. The molecule has 0 spiro atoms. The molecule has 2 aliphatic heterocycles. The summed E-state index contributed by atoms with van der Waals surface area (Å²) >= 11 is 1.84. The molecular formula is C19H21N3O3S. The second kappa shape index (κ2) is 7.45. The van der Waals surface area contributed by atoms with Crippen molar-refractivity contribution < 1.29 is 14.0 Å². The molecule has 1 saturated heterocycles. The lowest BCUT2D eigenvalue weighted by Gasteiger charge is -2.37. The van der Waals surface area contributed by atoms with Gasteiger partial charge in [0.05, 0.1) is 18.5 Å². The van der Waals surface area contributed by atoms with Crippen molar-refractivity contribution >= 4 is 29.3 Å². The summed E-state index contributed by atoms with van der Waals surface area (Å²) in [5.74, 6) is 1.36. The fraction of sp³-hybridized carbons (Fsp3) is 0.368. The van der Waals surface area contributed by atoms with E-state index >= 15 is 0 Å². The maximum absolute atomic E-state index is 12.7. The van der Waals surface area contributed by atoms with Crippen molar-refractivity contribution in [1.82, 2.24) is 9.80 Å². The van der Waals surface area contributed by atoms with Crippen molar-refractivity contribution in [2.75, 3.05) is 49.9 Å². The van der Waals surface area contributed by atoms with Crippen LogP contribution in [0.4, 0.5) is 5.69 Å². The van der Waals surface area contributed by atoms with E-state index in [-0.39, 0.29) is 11.8 Å². The standard InChI is InChI=1S/C19H21N3O3S/c23-18(14-22-11-13-26-17-6-2-1-4-15(17)22)20-7-9-21(10-8-20)19(24)16-5-3-12-25-16/h1-6,12H,7-11,13-14H2. The molecule has 0 bridgehead atoms. The van der Waals surface area contributed by atoms with Crippen molar-refractivity contribution in [3.63, 3.8) is 0 Å². The fourth-order valence-electron chi connectivity index (χ4n) is 3.37. The van der Waals surface area contributed by atoms with Crippen LogP contribution in [0.1, 0.15) is 10.6 Å². The summed E-state index contributed by atoms with van der Waals surface area (Å²) in [5, 5.41) is 0. The van der Waals surface area contributed by atoms with Crippen LogP contribution in [0, 0.1) is 0 Å². The number of piperazine rings is 1. The van der Waals surface area contributed by atoms with Crippen LogP contribution in [-0.4, -0.2) is 66.6 Å². The minimum Gasteiger partial charge on any atom is -0.459 e. The van der Waals surface area contributed by atoms with Gasteiger partial charge in [-0.25, -0.2) is 0 Å². The number of benzene rings is 1. The van der Waals surface area contributed by atoms with Gasteiger partial charge in [-0.1, -0.05) is 12.1 Å². The molecule has 0 atom stereocenters. The molecular weight excluding hydrogens is 350 g/mol. The molecule has 7 heteroatoms. The third-order valence-electron chi connectivity index (χ3n) is 4.80. The Hall–Kier alpha value is -2.41. The Kier molecular flexibility index (Phi) is 4.88. The van der Waals surface area contributed by atoms with Gasteiger partial charge in [-0.05, 0) is 24.3 Å². The number of fused-ring (bicyclic) bond motifs is 1. The van der Waals surface area contributed by atoms with Crippen LogP contribution >= 0.6 is 11.8 Å². The molecule has 0 aliphatic carbocycles. The molecule has 2 amide bonds. The van der Waals surface area contributed by atoms with E-state index in [9.17, 15) is 9.59 Å². The molecule has 0 saturated carbocycles. The van der Waals surface area contributed by atoms with E-state index in [4.69, 9.17) is 4.42 Å². The Morgan fingerprint density at radius 1 is 0.962 bits per heavy atom. The summed E-state index contributed by atoms with van der Waals surface area (Å²) in [6, 6.07) is 11.6. The average molecular weight is 371 g/mol. The van der Waals surface area contributed by atoms with Gasteiger partial charge in [-0.15, -0.1) is 11.8 Å². The van der Waals surface area contributed by atoms with Crippen LogP contribution in [0.2, 0.25) is 0 Å². The van der Waals surface area contributed by atoms with Crippen molar-refractivity contribution in [2.24, 2.45) is 0 Å². The molecule has 26 heavy (non-hydrogen) atoms. The molecule has 0 unspecified atom stereocenters. The first-order valence-electron chi connectivity index (χ1n) is 8.80. The molecule has 3 heterocycles. The van der Waals surface area contributed by atoms with E-state index in [2.05, 4.69) is 17.0 Å². The number of hydrogen-bond acceptors (Lipinski definition) is 5. The van der Waals surface area contributed by atoms with Gasteiger partial charge in [0.1, 0.15) is 0 Å². The zero-order valence-corrected chi connectivity index (χ0v) is 15.3. The molecule has 2 aliphatic rings. The van der Waals surface area contributed by atoms with Crippen molar-refractivity contribution in [1.29, 1.82) is 0 Å². The summed E-state index contributed by atoms with van der Waals surface area (Å²) in [5.41, 5.74) is 1.14. The molecule has 4 rings (SSSR count). The van der Waals surface area contributed by atoms with Gasteiger partial charge in [-0.2, -0.15) is 0 Å². The normalized spacial score (nSPS) is 17.2. The molecule has 1 aromatic carbocycles. The largest absolute Gasteiger partial charge is 0.459 e. The highest BCUT2D eigenvalue weighted by molar-refractivity contribution is 7.99. The smallest absolute Gasteiger partial charge is 0.289 e. The number of thioether (sulfide) groups is 1. The number of furan rings is 1. The summed E-state index contributed by atoms with van der Waals surface area (Å²) in [6.07, 6.45) is 1.50. The molecule has 0 N–H and O–H groups in total. The van der Waals surface area contributed by atoms with Crippen LogP contribution < -0.4 is 4.90 Å². The van der Waals surface area contributed by atoms with Crippen molar-refractivity contribution in [3.05, 3.63) is 48.4 Å². The highest BCUT2D eigenvalue weighted by Crippen LogP contribution is 2.34. The van der Waals surface area contributed by atoms with Crippen LogP contribution in [0.5, 0.6) is 0 Å². The number of amides is 2. The summed E-state index contributed by atoms with van der Waals surface area (Å²) < 4.78 is 5.18. The molecule has 0 radical (unpaired) electrons. The number of carbonyl (C=O) groups is 2. The first-order valence-corrected chi connectivity index (χ1v) is 9.78.